The summed E-state index contributed by atoms with van der Waals surface area (Å²) in [5.74, 6) is 1.29. The maximum Gasteiger partial charge on any atom is 0.240 e. The number of hydrogen-bond donors (Lipinski definition) is 2. The van der Waals surface area contributed by atoms with Gasteiger partial charge in [-0.3, -0.25) is 4.79 Å². The fourth-order valence-corrected chi connectivity index (χ4v) is 2.21. The minimum absolute atomic E-state index is 0.215. The zero-order valence-corrected chi connectivity index (χ0v) is 13.1. The van der Waals surface area contributed by atoms with E-state index in [-0.39, 0.29) is 11.9 Å². The second kappa shape index (κ2) is 5.41. The monoisotopic (exact) mass is 290 g/mol. The van der Waals surface area contributed by atoms with E-state index in [0.717, 1.165) is 28.0 Å². The highest BCUT2D eigenvalue weighted by atomic mass is 16.5. The van der Waals surface area contributed by atoms with E-state index < -0.39 is 5.54 Å². The van der Waals surface area contributed by atoms with E-state index in [1.54, 1.807) is 21.0 Å². The standard InChI is InChI=1S/C16H22N2O3/c1-9-12-8-11(20-5)6-7-13(12)21-14(9)10(2)18-15(19)16(3,4)17/h6-8,10H,17H2,1-5H3,(H,18,19). The normalized spacial score (nSPS) is 13.2. The van der Waals surface area contributed by atoms with Crippen LogP contribution in [0.3, 0.4) is 0 Å². The number of nitrogens with one attached hydrogen (secondary N) is 1. The van der Waals surface area contributed by atoms with Gasteiger partial charge in [-0.1, -0.05) is 0 Å². The van der Waals surface area contributed by atoms with Crippen molar-refractivity contribution >= 4 is 16.9 Å². The SMILES string of the molecule is COc1ccc2oc(C(C)NC(=O)C(C)(C)N)c(C)c2c1. The summed E-state index contributed by atoms with van der Waals surface area (Å²) in [6, 6.07) is 5.39. The van der Waals surface area contributed by atoms with E-state index in [9.17, 15) is 4.79 Å². The molecule has 1 amide bonds. The molecule has 5 heteroatoms. The molecular formula is C16H22N2O3. The van der Waals surface area contributed by atoms with Gasteiger partial charge in [-0.25, -0.2) is 0 Å². The highest BCUT2D eigenvalue weighted by Gasteiger charge is 2.26. The number of methoxy groups -OCH3 is 1. The molecule has 1 unspecified atom stereocenters. The molecule has 1 aromatic heterocycles. The van der Waals surface area contributed by atoms with Crippen LogP contribution in [0, 0.1) is 6.92 Å². The summed E-state index contributed by atoms with van der Waals surface area (Å²) >= 11 is 0. The number of rotatable bonds is 4. The Labute approximate surface area is 124 Å². The topological polar surface area (TPSA) is 77.5 Å². The maximum absolute atomic E-state index is 12.0. The molecule has 2 rings (SSSR count). The van der Waals surface area contributed by atoms with Crippen LogP contribution in [0.15, 0.2) is 22.6 Å². The third kappa shape index (κ3) is 3.03. The van der Waals surface area contributed by atoms with Gasteiger partial charge in [0.1, 0.15) is 17.1 Å². The number of benzene rings is 1. The van der Waals surface area contributed by atoms with Crippen molar-refractivity contribution in [1.29, 1.82) is 0 Å². The Kier molecular flexibility index (Phi) is 3.96. The quantitative estimate of drug-likeness (QED) is 0.907. The van der Waals surface area contributed by atoms with E-state index in [1.807, 2.05) is 32.0 Å². The summed E-state index contributed by atoms with van der Waals surface area (Å²) < 4.78 is 11.1. The number of carbonyl (C=O) groups excluding carboxylic acids is 1. The minimum Gasteiger partial charge on any atom is -0.497 e. The zero-order valence-electron chi connectivity index (χ0n) is 13.1. The van der Waals surface area contributed by atoms with E-state index in [1.165, 1.54) is 0 Å². The number of hydrogen-bond acceptors (Lipinski definition) is 4. The van der Waals surface area contributed by atoms with Gasteiger partial charge in [0.15, 0.2) is 0 Å². The summed E-state index contributed by atoms with van der Waals surface area (Å²) in [6.45, 7) is 7.19. The van der Waals surface area contributed by atoms with Crippen LogP contribution in [0.4, 0.5) is 0 Å². The van der Waals surface area contributed by atoms with Crippen LogP contribution >= 0.6 is 0 Å². The van der Waals surface area contributed by atoms with Gasteiger partial charge < -0.3 is 20.2 Å². The summed E-state index contributed by atoms with van der Waals surface area (Å²) in [5, 5.41) is 3.86. The fraction of sp³-hybridized carbons (Fsp3) is 0.438. The molecule has 0 aliphatic heterocycles. The number of furan rings is 1. The number of fused-ring (bicyclic) bond motifs is 1. The molecule has 3 N–H and O–H groups in total. The van der Waals surface area contributed by atoms with Gasteiger partial charge in [-0.05, 0) is 45.9 Å². The van der Waals surface area contributed by atoms with Crippen LogP contribution in [0.5, 0.6) is 5.75 Å². The zero-order chi connectivity index (χ0) is 15.8. The van der Waals surface area contributed by atoms with Gasteiger partial charge in [0.2, 0.25) is 5.91 Å². The molecule has 21 heavy (non-hydrogen) atoms. The van der Waals surface area contributed by atoms with Crippen LogP contribution < -0.4 is 15.8 Å². The van der Waals surface area contributed by atoms with Crippen molar-refractivity contribution < 1.29 is 13.9 Å². The van der Waals surface area contributed by atoms with Crippen LogP contribution in [-0.2, 0) is 4.79 Å². The third-order valence-corrected chi connectivity index (χ3v) is 3.51. The number of carbonyl (C=O) groups is 1. The molecule has 0 aliphatic rings. The second-order valence-electron chi connectivity index (χ2n) is 5.87. The first-order chi connectivity index (χ1) is 9.74. The molecule has 2 aromatic rings. The Hall–Kier alpha value is -2.01. The number of ether oxygens (including phenoxy) is 1. The van der Waals surface area contributed by atoms with Crippen molar-refractivity contribution in [2.75, 3.05) is 7.11 Å². The van der Waals surface area contributed by atoms with Gasteiger partial charge in [-0.2, -0.15) is 0 Å². The van der Waals surface area contributed by atoms with E-state index in [0.29, 0.717) is 0 Å². The molecule has 0 radical (unpaired) electrons. The molecule has 114 valence electrons. The van der Waals surface area contributed by atoms with Crippen molar-refractivity contribution in [1.82, 2.24) is 5.32 Å². The average Bonchev–Trinajstić information content (AvgIpc) is 2.74. The average molecular weight is 290 g/mol. The molecule has 1 aromatic carbocycles. The van der Waals surface area contributed by atoms with Crippen molar-refractivity contribution in [3.63, 3.8) is 0 Å². The van der Waals surface area contributed by atoms with Gasteiger partial charge >= 0.3 is 0 Å². The predicted octanol–water partition coefficient (Wildman–Crippen LogP) is 2.66. The summed E-state index contributed by atoms with van der Waals surface area (Å²) in [4.78, 5) is 12.0. The lowest BCUT2D eigenvalue weighted by molar-refractivity contribution is -0.126. The van der Waals surface area contributed by atoms with E-state index in [2.05, 4.69) is 5.32 Å². The number of amides is 1. The smallest absolute Gasteiger partial charge is 0.240 e. The van der Waals surface area contributed by atoms with Crippen LogP contribution in [-0.4, -0.2) is 18.6 Å². The molecule has 1 atom stereocenters. The Morgan fingerprint density at radius 3 is 2.67 bits per heavy atom. The lowest BCUT2D eigenvalue weighted by Gasteiger charge is -2.21. The first-order valence-electron chi connectivity index (χ1n) is 6.91. The molecule has 5 nitrogen and oxygen atoms in total. The molecule has 0 spiro atoms. The highest BCUT2D eigenvalue weighted by molar-refractivity contribution is 5.86. The van der Waals surface area contributed by atoms with E-state index >= 15 is 0 Å². The molecule has 0 aliphatic carbocycles. The Morgan fingerprint density at radius 2 is 2.10 bits per heavy atom. The predicted molar refractivity (Wildman–Crippen MR) is 82.3 cm³/mol. The van der Waals surface area contributed by atoms with Crippen molar-refractivity contribution in [2.45, 2.75) is 39.3 Å². The van der Waals surface area contributed by atoms with Crippen LogP contribution in [0.25, 0.3) is 11.0 Å². The first kappa shape index (κ1) is 15.4. The molecule has 0 saturated carbocycles. The van der Waals surface area contributed by atoms with E-state index in [4.69, 9.17) is 14.9 Å². The Balaban J connectivity index is 2.34. The lowest BCUT2D eigenvalue weighted by atomic mass is 10.0. The maximum atomic E-state index is 12.0. The second-order valence-corrected chi connectivity index (χ2v) is 5.87. The summed E-state index contributed by atoms with van der Waals surface area (Å²) in [5.41, 5.74) is 6.64. The third-order valence-electron chi connectivity index (χ3n) is 3.51. The molecule has 0 saturated heterocycles. The van der Waals surface area contributed by atoms with Gasteiger partial charge in [-0.15, -0.1) is 0 Å². The minimum atomic E-state index is -0.919. The molecule has 1 heterocycles. The van der Waals surface area contributed by atoms with Crippen molar-refractivity contribution in [3.8, 4) is 5.75 Å². The van der Waals surface area contributed by atoms with Crippen LogP contribution in [0.2, 0.25) is 0 Å². The first-order valence-corrected chi connectivity index (χ1v) is 6.91. The summed E-state index contributed by atoms with van der Waals surface area (Å²) in [6.07, 6.45) is 0. The molecule has 0 fully saturated rings. The van der Waals surface area contributed by atoms with Gasteiger partial charge in [0.25, 0.3) is 0 Å². The van der Waals surface area contributed by atoms with Crippen molar-refractivity contribution in [3.05, 3.63) is 29.5 Å². The number of nitrogens with two attached hydrogens (primary N) is 1. The highest BCUT2D eigenvalue weighted by Crippen LogP contribution is 2.31. The fourth-order valence-electron chi connectivity index (χ4n) is 2.21. The Morgan fingerprint density at radius 1 is 1.43 bits per heavy atom. The largest absolute Gasteiger partial charge is 0.497 e. The van der Waals surface area contributed by atoms with Gasteiger partial charge in [0, 0.05) is 10.9 Å². The molecule has 0 bridgehead atoms. The van der Waals surface area contributed by atoms with Gasteiger partial charge in [0.05, 0.1) is 18.7 Å². The molecular weight excluding hydrogens is 268 g/mol. The number of aryl methyl sites for hydroxylation is 1. The lowest BCUT2D eigenvalue weighted by Crippen LogP contribution is -2.49. The summed E-state index contributed by atoms with van der Waals surface area (Å²) in [7, 11) is 1.63. The van der Waals surface area contributed by atoms with Crippen LogP contribution in [0.1, 0.15) is 38.1 Å². The van der Waals surface area contributed by atoms with Crippen molar-refractivity contribution in [2.24, 2.45) is 5.73 Å². The Bertz CT molecular complexity index is 668.